The van der Waals surface area contributed by atoms with E-state index in [1.165, 1.54) is 33.4 Å². The number of fused-ring (bicyclic) bond motifs is 4. The summed E-state index contributed by atoms with van der Waals surface area (Å²) in [5.74, 6) is 1.53. The average molecular weight is 519 g/mol. The summed E-state index contributed by atoms with van der Waals surface area (Å²) in [7, 11) is 0. The van der Waals surface area contributed by atoms with Crippen LogP contribution in [0.3, 0.4) is 0 Å². The number of nitrogens with one attached hydrogen (secondary N) is 1. The molecule has 3 heterocycles. The molecule has 4 aliphatic rings. The number of piperidine rings is 3. The zero-order valence-electron chi connectivity index (χ0n) is 24.1. The largest absolute Gasteiger partial charge is 0.493 e. The Labute approximate surface area is 229 Å². The van der Waals surface area contributed by atoms with Gasteiger partial charge in [-0.3, -0.25) is 4.90 Å². The molecule has 2 atom stereocenters. The van der Waals surface area contributed by atoms with Gasteiger partial charge in [-0.1, -0.05) is 45.4 Å². The molecule has 206 valence electrons. The number of hydrogen-bond donors (Lipinski definition) is 1. The van der Waals surface area contributed by atoms with Gasteiger partial charge in [0.25, 0.3) is 0 Å². The van der Waals surface area contributed by atoms with Crippen LogP contribution in [0.1, 0.15) is 87.6 Å². The molecule has 3 aliphatic heterocycles. The molecular weight excluding hydrogens is 472 g/mol. The Morgan fingerprint density at radius 1 is 1.03 bits per heavy atom. The summed E-state index contributed by atoms with van der Waals surface area (Å²) >= 11 is 0. The second-order valence-corrected chi connectivity index (χ2v) is 12.0. The standard InChI is InChI=1S/C33H46N2O3/c1-6-9-16-37-30-22(4)17-26(18-23(30)5)25-10-11-28-27(19-25)20-33(7-2,8-3)31(28)34-32(36)38-29-21-35-14-12-24(29)13-15-35/h10-11,17-19,24,29,31H,6-9,12-16,20-21H2,1-5H3,(H,34,36)/t29-,31?/m1/s1. The second-order valence-electron chi connectivity index (χ2n) is 12.0. The lowest BCUT2D eigenvalue weighted by Crippen LogP contribution is -2.53. The predicted molar refractivity (Wildman–Crippen MR) is 154 cm³/mol. The number of carbonyl (C=O) groups is 1. The molecule has 3 fully saturated rings. The van der Waals surface area contributed by atoms with E-state index in [4.69, 9.17) is 9.47 Å². The van der Waals surface area contributed by atoms with Gasteiger partial charge in [0.1, 0.15) is 11.9 Å². The zero-order chi connectivity index (χ0) is 26.9. The lowest BCUT2D eigenvalue weighted by atomic mass is 9.76. The summed E-state index contributed by atoms with van der Waals surface area (Å²) in [6.07, 6.45) is 7.28. The van der Waals surface area contributed by atoms with Crippen LogP contribution in [0.4, 0.5) is 4.79 Å². The fourth-order valence-corrected chi connectivity index (χ4v) is 7.17. The van der Waals surface area contributed by atoms with Gasteiger partial charge in [-0.25, -0.2) is 4.79 Å². The number of carbonyl (C=O) groups excluding carboxylic acids is 1. The summed E-state index contributed by atoms with van der Waals surface area (Å²) in [4.78, 5) is 15.6. The first kappa shape index (κ1) is 27.1. The van der Waals surface area contributed by atoms with Gasteiger partial charge in [0, 0.05) is 6.54 Å². The van der Waals surface area contributed by atoms with Gasteiger partial charge < -0.3 is 14.8 Å². The van der Waals surface area contributed by atoms with Gasteiger partial charge in [-0.05, 0) is 122 Å². The van der Waals surface area contributed by atoms with Crippen molar-refractivity contribution in [2.24, 2.45) is 11.3 Å². The van der Waals surface area contributed by atoms with Crippen molar-refractivity contribution < 1.29 is 14.3 Å². The maximum atomic E-state index is 13.2. The molecular formula is C33H46N2O3. The molecule has 1 N–H and O–H groups in total. The third-order valence-electron chi connectivity index (χ3n) is 9.67. The number of amides is 1. The molecule has 0 radical (unpaired) electrons. The molecule has 3 saturated heterocycles. The fourth-order valence-electron chi connectivity index (χ4n) is 7.17. The molecule has 5 nitrogen and oxygen atoms in total. The van der Waals surface area contributed by atoms with Crippen LogP contribution < -0.4 is 10.1 Å². The van der Waals surface area contributed by atoms with Crippen molar-refractivity contribution in [1.29, 1.82) is 0 Å². The van der Waals surface area contributed by atoms with E-state index >= 15 is 0 Å². The van der Waals surface area contributed by atoms with Crippen LogP contribution in [0.2, 0.25) is 0 Å². The molecule has 1 aliphatic carbocycles. The summed E-state index contributed by atoms with van der Waals surface area (Å²) < 4.78 is 12.1. The normalized spacial score (nSPS) is 25.2. The van der Waals surface area contributed by atoms with Crippen LogP contribution in [0.15, 0.2) is 30.3 Å². The topological polar surface area (TPSA) is 50.8 Å². The van der Waals surface area contributed by atoms with Crippen LogP contribution in [-0.2, 0) is 11.2 Å². The number of hydrogen-bond acceptors (Lipinski definition) is 4. The highest BCUT2D eigenvalue weighted by molar-refractivity contribution is 5.71. The third kappa shape index (κ3) is 5.19. The van der Waals surface area contributed by atoms with Crippen LogP contribution >= 0.6 is 0 Å². The van der Waals surface area contributed by atoms with Crippen molar-refractivity contribution in [3.8, 4) is 16.9 Å². The Morgan fingerprint density at radius 2 is 1.74 bits per heavy atom. The van der Waals surface area contributed by atoms with Crippen molar-refractivity contribution in [2.75, 3.05) is 26.2 Å². The van der Waals surface area contributed by atoms with Crippen LogP contribution in [0, 0.1) is 25.2 Å². The van der Waals surface area contributed by atoms with Crippen molar-refractivity contribution >= 4 is 6.09 Å². The molecule has 2 bridgehead atoms. The number of unbranched alkanes of at least 4 members (excludes halogenated alkanes) is 1. The van der Waals surface area contributed by atoms with E-state index in [2.05, 4.69) is 75.2 Å². The molecule has 2 aromatic rings. The highest BCUT2D eigenvalue weighted by atomic mass is 16.6. The molecule has 1 unspecified atom stereocenters. The maximum Gasteiger partial charge on any atom is 0.407 e. The molecule has 6 rings (SSSR count). The number of ether oxygens (including phenoxy) is 2. The number of alkyl carbamates (subject to hydrolysis) is 1. The van der Waals surface area contributed by atoms with Crippen LogP contribution in [0.5, 0.6) is 5.75 Å². The van der Waals surface area contributed by atoms with Crippen LogP contribution in [0.25, 0.3) is 11.1 Å². The Morgan fingerprint density at radius 3 is 2.34 bits per heavy atom. The maximum absolute atomic E-state index is 13.2. The third-order valence-corrected chi connectivity index (χ3v) is 9.67. The highest BCUT2D eigenvalue weighted by Crippen LogP contribution is 2.51. The van der Waals surface area contributed by atoms with E-state index in [1.807, 2.05) is 0 Å². The molecule has 38 heavy (non-hydrogen) atoms. The first-order chi connectivity index (χ1) is 18.4. The van der Waals surface area contributed by atoms with Crippen LogP contribution in [-0.4, -0.2) is 43.3 Å². The SMILES string of the molecule is CCCCOc1c(C)cc(-c2ccc3c(c2)CC(CC)(CC)C3NC(=O)O[C@@H]2CN3CCC2CC3)cc1C. The molecule has 1 amide bonds. The molecule has 0 saturated carbocycles. The Kier molecular flexibility index (Phi) is 8.04. The zero-order valence-corrected chi connectivity index (χ0v) is 24.1. The fraction of sp³-hybridized carbons (Fsp3) is 0.606. The lowest BCUT2D eigenvalue weighted by molar-refractivity contribution is -0.0353. The van der Waals surface area contributed by atoms with Crippen molar-refractivity contribution in [3.63, 3.8) is 0 Å². The Hall–Kier alpha value is -2.53. The minimum Gasteiger partial charge on any atom is -0.493 e. The van der Waals surface area contributed by atoms with Crippen molar-refractivity contribution in [3.05, 3.63) is 52.6 Å². The monoisotopic (exact) mass is 518 g/mol. The van der Waals surface area contributed by atoms with Crippen molar-refractivity contribution in [2.45, 2.75) is 91.7 Å². The minimum atomic E-state index is -0.248. The summed E-state index contributed by atoms with van der Waals surface area (Å²) in [6, 6.07) is 11.3. The Balaban J connectivity index is 1.36. The van der Waals surface area contributed by atoms with Gasteiger partial charge in [0.15, 0.2) is 0 Å². The average Bonchev–Trinajstić information content (AvgIpc) is 3.23. The molecule has 0 spiro atoms. The van der Waals surface area contributed by atoms with Crippen molar-refractivity contribution in [1.82, 2.24) is 10.2 Å². The first-order valence-corrected chi connectivity index (χ1v) is 14.9. The van der Waals surface area contributed by atoms with E-state index in [9.17, 15) is 4.79 Å². The lowest BCUT2D eigenvalue weighted by Gasteiger charge is -2.44. The van der Waals surface area contributed by atoms with Gasteiger partial charge in [-0.15, -0.1) is 0 Å². The Bertz CT molecular complexity index is 1120. The smallest absolute Gasteiger partial charge is 0.407 e. The highest BCUT2D eigenvalue weighted by Gasteiger charge is 2.45. The summed E-state index contributed by atoms with van der Waals surface area (Å²) in [5, 5.41) is 3.35. The van der Waals surface area contributed by atoms with Gasteiger partial charge in [0.05, 0.1) is 12.6 Å². The second kappa shape index (κ2) is 11.3. The van der Waals surface area contributed by atoms with Gasteiger partial charge in [-0.2, -0.15) is 0 Å². The number of aryl methyl sites for hydroxylation is 2. The number of benzene rings is 2. The predicted octanol–water partition coefficient (Wildman–Crippen LogP) is 7.37. The minimum absolute atomic E-state index is 0.0118. The summed E-state index contributed by atoms with van der Waals surface area (Å²) in [6.45, 7) is 14.9. The quantitative estimate of drug-likeness (QED) is 0.352. The molecule has 0 aromatic heterocycles. The first-order valence-electron chi connectivity index (χ1n) is 14.9. The number of nitrogens with zero attached hydrogens (tertiary/aromatic N) is 1. The van der Waals surface area contributed by atoms with E-state index in [0.29, 0.717) is 5.92 Å². The van der Waals surface area contributed by atoms with E-state index < -0.39 is 0 Å². The number of rotatable bonds is 9. The van der Waals surface area contributed by atoms with E-state index in [0.717, 1.165) is 76.9 Å². The van der Waals surface area contributed by atoms with Gasteiger partial charge in [0.2, 0.25) is 0 Å². The van der Waals surface area contributed by atoms with Gasteiger partial charge >= 0.3 is 6.09 Å². The molecule has 2 aromatic carbocycles. The van der Waals surface area contributed by atoms with E-state index in [1.54, 1.807) is 0 Å². The summed E-state index contributed by atoms with van der Waals surface area (Å²) in [5.41, 5.74) is 7.42. The molecule has 5 heteroatoms. The van der Waals surface area contributed by atoms with E-state index in [-0.39, 0.29) is 23.7 Å².